The van der Waals surface area contributed by atoms with E-state index in [0.29, 0.717) is 10.8 Å². The Hall–Kier alpha value is -2.54. The van der Waals surface area contributed by atoms with Crippen molar-refractivity contribution in [1.82, 2.24) is 15.4 Å². The molecule has 1 N–H and O–H groups in total. The highest BCUT2D eigenvalue weighted by Gasteiger charge is 2.15. The molecular weight excluding hydrogens is 264 g/mol. The normalized spacial score (nSPS) is 10.3. The summed E-state index contributed by atoms with van der Waals surface area (Å²) >= 11 is 1.23. The van der Waals surface area contributed by atoms with Crippen LogP contribution in [0, 0.1) is 0 Å². The number of amides is 1. The van der Waals surface area contributed by atoms with Gasteiger partial charge in [-0.25, -0.2) is 0 Å². The molecule has 6 nitrogen and oxygen atoms in total. The van der Waals surface area contributed by atoms with Gasteiger partial charge in [0.25, 0.3) is 5.91 Å². The standard InChI is InChI=1S/C12H8N4O2S/c17-11(14-12-15-13-7-19-12)10-6-9(16-18-10)8-4-2-1-3-5-8/h1-7H,(H,14,15,17). The Labute approximate surface area is 112 Å². The molecule has 0 spiro atoms. The van der Waals surface area contributed by atoms with E-state index in [1.165, 1.54) is 16.8 Å². The zero-order chi connectivity index (χ0) is 13.1. The third kappa shape index (κ3) is 2.50. The van der Waals surface area contributed by atoms with Crippen LogP contribution < -0.4 is 5.32 Å². The Morgan fingerprint density at radius 2 is 2.11 bits per heavy atom. The van der Waals surface area contributed by atoms with Crippen LogP contribution in [0.1, 0.15) is 10.6 Å². The van der Waals surface area contributed by atoms with Gasteiger partial charge in [0.15, 0.2) is 0 Å². The lowest BCUT2D eigenvalue weighted by atomic mass is 10.1. The van der Waals surface area contributed by atoms with Gasteiger partial charge in [-0.05, 0) is 0 Å². The highest BCUT2D eigenvalue weighted by Crippen LogP contribution is 2.19. The summed E-state index contributed by atoms with van der Waals surface area (Å²) in [6.07, 6.45) is 0. The first-order valence-electron chi connectivity index (χ1n) is 5.42. The molecule has 94 valence electrons. The Morgan fingerprint density at radius 1 is 1.26 bits per heavy atom. The molecule has 0 aliphatic heterocycles. The van der Waals surface area contributed by atoms with Gasteiger partial charge < -0.3 is 4.52 Å². The van der Waals surface area contributed by atoms with E-state index >= 15 is 0 Å². The van der Waals surface area contributed by atoms with E-state index in [1.54, 1.807) is 6.07 Å². The van der Waals surface area contributed by atoms with Crippen molar-refractivity contribution in [2.45, 2.75) is 0 Å². The summed E-state index contributed by atoms with van der Waals surface area (Å²) < 4.78 is 5.02. The number of hydrogen-bond donors (Lipinski definition) is 1. The molecule has 0 bridgehead atoms. The van der Waals surface area contributed by atoms with Gasteiger partial charge in [0.1, 0.15) is 11.2 Å². The molecule has 0 atom stereocenters. The van der Waals surface area contributed by atoms with Crippen molar-refractivity contribution in [2.75, 3.05) is 5.32 Å². The van der Waals surface area contributed by atoms with Gasteiger partial charge in [-0.1, -0.05) is 46.8 Å². The fourth-order valence-electron chi connectivity index (χ4n) is 1.51. The minimum Gasteiger partial charge on any atom is -0.350 e. The summed E-state index contributed by atoms with van der Waals surface area (Å²) in [5.74, 6) is -0.263. The molecule has 19 heavy (non-hydrogen) atoms. The number of carbonyl (C=O) groups excluding carboxylic acids is 1. The molecule has 7 heteroatoms. The van der Waals surface area contributed by atoms with Crippen LogP contribution in [-0.4, -0.2) is 21.3 Å². The molecule has 0 radical (unpaired) electrons. The van der Waals surface area contributed by atoms with Crippen molar-refractivity contribution in [2.24, 2.45) is 0 Å². The van der Waals surface area contributed by atoms with Crippen molar-refractivity contribution in [3.63, 3.8) is 0 Å². The van der Waals surface area contributed by atoms with Crippen LogP contribution >= 0.6 is 11.3 Å². The maximum atomic E-state index is 11.9. The van der Waals surface area contributed by atoms with Crippen LogP contribution in [0.3, 0.4) is 0 Å². The summed E-state index contributed by atoms with van der Waals surface area (Å²) in [7, 11) is 0. The predicted molar refractivity (Wildman–Crippen MR) is 69.8 cm³/mol. The lowest BCUT2D eigenvalue weighted by Gasteiger charge is -1.94. The van der Waals surface area contributed by atoms with Gasteiger partial charge in [-0.15, -0.1) is 10.2 Å². The predicted octanol–water partition coefficient (Wildman–Crippen LogP) is 2.45. The molecule has 0 saturated heterocycles. The summed E-state index contributed by atoms with van der Waals surface area (Å²) in [6.45, 7) is 0. The topological polar surface area (TPSA) is 80.9 Å². The number of hydrogen-bond acceptors (Lipinski definition) is 6. The van der Waals surface area contributed by atoms with Gasteiger partial charge in [-0.2, -0.15) is 0 Å². The van der Waals surface area contributed by atoms with Crippen molar-refractivity contribution < 1.29 is 9.32 Å². The fourth-order valence-corrected chi connectivity index (χ4v) is 1.95. The molecule has 1 aromatic carbocycles. The summed E-state index contributed by atoms with van der Waals surface area (Å²) in [5.41, 5.74) is 3.04. The smallest absolute Gasteiger partial charge is 0.296 e. The summed E-state index contributed by atoms with van der Waals surface area (Å²) in [6, 6.07) is 11.1. The minimum absolute atomic E-state index is 0.133. The molecule has 0 aliphatic rings. The minimum atomic E-state index is -0.397. The van der Waals surface area contributed by atoms with Crippen molar-refractivity contribution in [3.05, 3.63) is 47.7 Å². The monoisotopic (exact) mass is 272 g/mol. The maximum absolute atomic E-state index is 11.9. The quantitative estimate of drug-likeness (QED) is 0.792. The lowest BCUT2D eigenvalue weighted by molar-refractivity contribution is 0.0988. The van der Waals surface area contributed by atoms with Crippen LogP contribution in [0.15, 0.2) is 46.4 Å². The van der Waals surface area contributed by atoms with Gasteiger partial charge >= 0.3 is 0 Å². The van der Waals surface area contributed by atoms with Gasteiger partial charge in [0.2, 0.25) is 10.9 Å². The van der Waals surface area contributed by atoms with Gasteiger partial charge in [-0.3, -0.25) is 10.1 Å². The van der Waals surface area contributed by atoms with E-state index in [4.69, 9.17) is 4.52 Å². The van der Waals surface area contributed by atoms with Crippen LogP contribution in [0.5, 0.6) is 0 Å². The average Bonchev–Trinajstić information content (AvgIpc) is 3.10. The highest BCUT2D eigenvalue weighted by molar-refractivity contribution is 7.13. The first-order chi connectivity index (χ1) is 9.33. The zero-order valence-corrected chi connectivity index (χ0v) is 10.4. The van der Waals surface area contributed by atoms with Gasteiger partial charge in [0, 0.05) is 11.6 Å². The van der Waals surface area contributed by atoms with E-state index < -0.39 is 5.91 Å². The molecular formula is C12H8N4O2S. The molecule has 0 saturated carbocycles. The van der Waals surface area contributed by atoms with E-state index in [1.807, 2.05) is 30.3 Å². The molecule has 2 heterocycles. The van der Waals surface area contributed by atoms with E-state index in [-0.39, 0.29) is 5.76 Å². The fraction of sp³-hybridized carbons (Fsp3) is 0. The lowest BCUT2D eigenvalue weighted by Crippen LogP contribution is -2.10. The molecule has 3 rings (SSSR count). The van der Waals surface area contributed by atoms with E-state index in [0.717, 1.165) is 5.56 Å². The summed E-state index contributed by atoms with van der Waals surface area (Å²) in [4.78, 5) is 11.9. The third-order valence-electron chi connectivity index (χ3n) is 2.38. The number of carbonyl (C=O) groups is 1. The van der Waals surface area contributed by atoms with Crippen LogP contribution in [-0.2, 0) is 0 Å². The summed E-state index contributed by atoms with van der Waals surface area (Å²) in [5, 5.41) is 14.2. The average molecular weight is 272 g/mol. The number of aromatic nitrogens is 3. The number of anilines is 1. The van der Waals surface area contributed by atoms with Crippen molar-refractivity contribution in [3.8, 4) is 11.3 Å². The molecule has 2 aromatic heterocycles. The maximum Gasteiger partial charge on any atom is 0.296 e. The second-order valence-corrected chi connectivity index (χ2v) is 4.47. The molecule has 0 aliphatic carbocycles. The Morgan fingerprint density at radius 3 is 2.84 bits per heavy atom. The van der Waals surface area contributed by atoms with E-state index in [2.05, 4.69) is 20.7 Å². The Kier molecular flexibility index (Phi) is 3.03. The second kappa shape index (κ2) is 4.99. The Bertz CT molecular complexity index is 679. The molecule has 1 amide bonds. The number of nitrogens with one attached hydrogen (secondary N) is 1. The van der Waals surface area contributed by atoms with E-state index in [9.17, 15) is 4.79 Å². The highest BCUT2D eigenvalue weighted by atomic mass is 32.1. The van der Waals surface area contributed by atoms with Crippen LogP contribution in [0.25, 0.3) is 11.3 Å². The second-order valence-electron chi connectivity index (χ2n) is 3.64. The largest absolute Gasteiger partial charge is 0.350 e. The van der Waals surface area contributed by atoms with Gasteiger partial charge in [0.05, 0.1) is 0 Å². The van der Waals surface area contributed by atoms with Crippen molar-refractivity contribution >= 4 is 22.4 Å². The van der Waals surface area contributed by atoms with Crippen LogP contribution in [0.2, 0.25) is 0 Å². The third-order valence-corrected chi connectivity index (χ3v) is 2.99. The molecule has 0 unspecified atom stereocenters. The molecule has 3 aromatic rings. The first kappa shape index (κ1) is 11.5. The Balaban J connectivity index is 1.80. The zero-order valence-electron chi connectivity index (χ0n) is 9.61. The van der Waals surface area contributed by atoms with Crippen molar-refractivity contribution in [1.29, 1.82) is 0 Å². The SMILES string of the molecule is O=C(Nc1nncs1)c1cc(-c2ccccc2)no1. The van der Waals surface area contributed by atoms with Crippen LogP contribution in [0.4, 0.5) is 5.13 Å². The number of rotatable bonds is 3. The number of nitrogens with zero attached hydrogens (tertiary/aromatic N) is 3. The first-order valence-corrected chi connectivity index (χ1v) is 6.30. The number of benzene rings is 1. The molecule has 0 fully saturated rings.